The minimum absolute atomic E-state index is 0.391. The van der Waals surface area contributed by atoms with Crippen molar-refractivity contribution in [1.29, 1.82) is 0 Å². The predicted octanol–water partition coefficient (Wildman–Crippen LogP) is 3.99. The van der Waals surface area contributed by atoms with E-state index in [9.17, 15) is 0 Å². The first-order valence-corrected chi connectivity index (χ1v) is 8.73. The lowest BCUT2D eigenvalue weighted by molar-refractivity contribution is 0.116. The second-order valence-electron chi connectivity index (χ2n) is 6.95. The van der Waals surface area contributed by atoms with Gasteiger partial charge in [-0.15, -0.1) is 0 Å². The van der Waals surface area contributed by atoms with Crippen LogP contribution in [0.5, 0.6) is 0 Å². The molecule has 19 heavy (non-hydrogen) atoms. The summed E-state index contributed by atoms with van der Waals surface area (Å²) in [5.74, 6) is 0.851. The van der Waals surface area contributed by atoms with Crippen LogP contribution in [0.4, 0.5) is 0 Å². The Hall–Kier alpha value is -0.0800. The maximum atomic E-state index is 6.09. The van der Waals surface area contributed by atoms with Crippen molar-refractivity contribution in [2.75, 3.05) is 0 Å². The minimum atomic E-state index is 0.391. The molecule has 0 amide bonds. The summed E-state index contributed by atoms with van der Waals surface area (Å²) in [5.41, 5.74) is 6.48. The second kappa shape index (κ2) is 7.08. The van der Waals surface area contributed by atoms with E-state index in [-0.39, 0.29) is 0 Å². The minimum Gasteiger partial charge on any atom is -0.328 e. The Kier molecular flexibility index (Phi) is 5.70. The Labute approximate surface area is 119 Å². The molecule has 0 spiro atoms. The van der Waals surface area contributed by atoms with Crippen molar-refractivity contribution in [3.63, 3.8) is 0 Å². The highest BCUT2D eigenvalue weighted by atomic mass is 15.0. The zero-order chi connectivity index (χ0) is 13.7. The van der Waals surface area contributed by atoms with Gasteiger partial charge in [-0.1, -0.05) is 33.1 Å². The fourth-order valence-electron chi connectivity index (χ4n) is 4.47. The largest absolute Gasteiger partial charge is 0.328 e. The SMILES string of the molecule is CCC(CC)(NC1CCCCC1)C1CCC(N)CC1. The van der Waals surface area contributed by atoms with Crippen molar-refractivity contribution in [1.82, 2.24) is 5.32 Å². The first kappa shape index (κ1) is 15.3. The molecule has 0 aromatic carbocycles. The van der Waals surface area contributed by atoms with E-state index in [1.807, 2.05) is 0 Å². The molecule has 2 rings (SSSR count). The van der Waals surface area contributed by atoms with Crippen LogP contribution < -0.4 is 11.1 Å². The third-order valence-corrected chi connectivity index (χ3v) is 5.91. The van der Waals surface area contributed by atoms with Crippen molar-refractivity contribution < 1.29 is 0 Å². The van der Waals surface area contributed by atoms with Crippen molar-refractivity contribution in [2.24, 2.45) is 11.7 Å². The summed E-state index contributed by atoms with van der Waals surface area (Å²) in [6.45, 7) is 4.77. The molecule has 2 nitrogen and oxygen atoms in total. The molecule has 0 heterocycles. The number of rotatable bonds is 5. The molecular weight excluding hydrogens is 232 g/mol. The summed E-state index contributed by atoms with van der Waals surface area (Å²) in [4.78, 5) is 0. The van der Waals surface area contributed by atoms with Crippen LogP contribution in [0.1, 0.15) is 84.5 Å². The second-order valence-corrected chi connectivity index (χ2v) is 6.95. The van der Waals surface area contributed by atoms with Crippen LogP contribution in [-0.4, -0.2) is 17.6 Å². The molecule has 3 N–H and O–H groups in total. The highest BCUT2D eigenvalue weighted by molar-refractivity contribution is 4.97. The molecular formula is C17H34N2. The zero-order valence-corrected chi connectivity index (χ0v) is 13.1. The smallest absolute Gasteiger partial charge is 0.0207 e. The van der Waals surface area contributed by atoms with Gasteiger partial charge < -0.3 is 11.1 Å². The highest BCUT2D eigenvalue weighted by Crippen LogP contribution is 2.38. The molecule has 0 saturated heterocycles. The van der Waals surface area contributed by atoms with Crippen LogP contribution in [0.3, 0.4) is 0 Å². The molecule has 0 atom stereocenters. The molecule has 0 radical (unpaired) electrons. The maximum absolute atomic E-state index is 6.09. The molecule has 2 saturated carbocycles. The van der Waals surface area contributed by atoms with Crippen molar-refractivity contribution in [3.05, 3.63) is 0 Å². The summed E-state index contributed by atoms with van der Waals surface area (Å²) in [6, 6.07) is 1.25. The summed E-state index contributed by atoms with van der Waals surface area (Å²) in [5, 5.41) is 4.11. The van der Waals surface area contributed by atoms with Crippen LogP contribution >= 0.6 is 0 Å². The fourth-order valence-corrected chi connectivity index (χ4v) is 4.47. The monoisotopic (exact) mass is 266 g/mol. The molecule has 2 fully saturated rings. The van der Waals surface area contributed by atoms with Gasteiger partial charge in [0.15, 0.2) is 0 Å². The highest BCUT2D eigenvalue weighted by Gasteiger charge is 2.38. The van der Waals surface area contributed by atoms with Gasteiger partial charge in [-0.05, 0) is 57.3 Å². The molecule has 0 aliphatic heterocycles. The summed E-state index contributed by atoms with van der Waals surface area (Å²) in [6.07, 6.45) is 14.8. The molecule has 0 unspecified atom stereocenters. The molecule has 0 bridgehead atoms. The summed E-state index contributed by atoms with van der Waals surface area (Å²) >= 11 is 0. The molecule has 2 heteroatoms. The van der Waals surface area contributed by atoms with E-state index in [1.165, 1.54) is 70.6 Å². The zero-order valence-electron chi connectivity index (χ0n) is 13.1. The van der Waals surface area contributed by atoms with Gasteiger partial charge in [-0.2, -0.15) is 0 Å². The van der Waals surface area contributed by atoms with Gasteiger partial charge in [0.1, 0.15) is 0 Å². The Bertz CT molecular complexity index is 246. The first-order valence-electron chi connectivity index (χ1n) is 8.73. The Morgan fingerprint density at radius 2 is 1.47 bits per heavy atom. The van der Waals surface area contributed by atoms with E-state index in [2.05, 4.69) is 19.2 Å². The van der Waals surface area contributed by atoms with Gasteiger partial charge >= 0.3 is 0 Å². The quantitative estimate of drug-likeness (QED) is 0.790. The number of nitrogens with one attached hydrogen (secondary N) is 1. The Morgan fingerprint density at radius 3 is 2.00 bits per heavy atom. The van der Waals surface area contributed by atoms with Crippen LogP contribution in [0.2, 0.25) is 0 Å². The van der Waals surface area contributed by atoms with Crippen LogP contribution in [0.25, 0.3) is 0 Å². The lowest BCUT2D eigenvalue weighted by Gasteiger charge is -2.46. The van der Waals surface area contributed by atoms with E-state index in [1.54, 1.807) is 0 Å². The predicted molar refractivity (Wildman–Crippen MR) is 83.3 cm³/mol. The van der Waals surface area contributed by atoms with Crippen molar-refractivity contribution >= 4 is 0 Å². The topological polar surface area (TPSA) is 38.0 Å². The van der Waals surface area contributed by atoms with E-state index in [0.29, 0.717) is 11.6 Å². The van der Waals surface area contributed by atoms with Crippen molar-refractivity contribution in [3.8, 4) is 0 Å². The average Bonchev–Trinajstić information content (AvgIpc) is 2.47. The maximum Gasteiger partial charge on any atom is 0.0207 e. The Balaban J connectivity index is 1.99. The first-order chi connectivity index (χ1) is 9.20. The van der Waals surface area contributed by atoms with Gasteiger partial charge in [-0.25, -0.2) is 0 Å². The molecule has 2 aliphatic carbocycles. The van der Waals surface area contributed by atoms with Crippen LogP contribution in [-0.2, 0) is 0 Å². The van der Waals surface area contributed by atoms with Crippen molar-refractivity contribution in [2.45, 2.75) is 102 Å². The van der Waals surface area contributed by atoms with Crippen LogP contribution in [0, 0.1) is 5.92 Å². The van der Waals surface area contributed by atoms with E-state index >= 15 is 0 Å². The lowest BCUT2D eigenvalue weighted by atomic mass is 9.70. The third kappa shape index (κ3) is 3.72. The lowest BCUT2D eigenvalue weighted by Crippen LogP contribution is -2.56. The molecule has 0 aromatic heterocycles. The van der Waals surface area contributed by atoms with Gasteiger partial charge in [0.2, 0.25) is 0 Å². The van der Waals surface area contributed by atoms with Crippen LogP contribution in [0.15, 0.2) is 0 Å². The van der Waals surface area contributed by atoms with Gasteiger partial charge in [-0.3, -0.25) is 0 Å². The Morgan fingerprint density at radius 1 is 0.895 bits per heavy atom. The van der Waals surface area contributed by atoms with E-state index in [0.717, 1.165) is 12.0 Å². The summed E-state index contributed by atoms with van der Waals surface area (Å²) < 4.78 is 0. The summed E-state index contributed by atoms with van der Waals surface area (Å²) in [7, 11) is 0. The third-order valence-electron chi connectivity index (χ3n) is 5.91. The number of nitrogens with two attached hydrogens (primary N) is 1. The number of hydrogen-bond donors (Lipinski definition) is 2. The molecule has 112 valence electrons. The standard InChI is InChI=1S/C17H34N2/c1-3-17(4-2,14-10-12-15(18)13-11-14)19-16-8-6-5-7-9-16/h14-16,19H,3-13,18H2,1-2H3. The van der Waals surface area contributed by atoms with E-state index < -0.39 is 0 Å². The number of hydrogen-bond acceptors (Lipinski definition) is 2. The molecule has 2 aliphatic rings. The van der Waals surface area contributed by atoms with Gasteiger partial charge in [0, 0.05) is 17.6 Å². The van der Waals surface area contributed by atoms with Gasteiger partial charge in [0.05, 0.1) is 0 Å². The molecule has 0 aromatic rings. The van der Waals surface area contributed by atoms with Gasteiger partial charge in [0.25, 0.3) is 0 Å². The normalized spacial score (nSPS) is 30.5. The van der Waals surface area contributed by atoms with E-state index in [4.69, 9.17) is 5.73 Å². The average molecular weight is 266 g/mol. The fraction of sp³-hybridized carbons (Fsp3) is 1.00.